The number of likely N-dealkylation sites (N-methyl/N-ethyl adjacent to an activating group) is 1. The normalized spacial score (nSPS) is 23.3. The molecule has 3 heterocycles. The van der Waals surface area contributed by atoms with Gasteiger partial charge < -0.3 is 19.9 Å². The molecule has 0 saturated carbocycles. The van der Waals surface area contributed by atoms with Crippen molar-refractivity contribution in [2.24, 2.45) is 0 Å². The van der Waals surface area contributed by atoms with E-state index in [2.05, 4.69) is 10.3 Å². The highest BCUT2D eigenvalue weighted by molar-refractivity contribution is 7.18. The number of thiazole rings is 1. The van der Waals surface area contributed by atoms with Crippen LogP contribution in [0.1, 0.15) is 11.4 Å². The number of fused-ring (bicyclic) bond motifs is 1. The first-order valence-corrected chi connectivity index (χ1v) is 8.63. The average molecular weight is 346 g/mol. The Labute approximate surface area is 143 Å². The second kappa shape index (κ2) is 5.34. The number of nitrogens with one attached hydrogen (secondary N) is 1. The van der Waals surface area contributed by atoms with Gasteiger partial charge in [0.2, 0.25) is 0 Å². The molecule has 3 amide bonds. The van der Waals surface area contributed by atoms with Crippen LogP contribution in [-0.4, -0.2) is 59.2 Å². The van der Waals surface area contributed by atoms with E-state index < -0.39 is 5.60 Å². The van der Waals surface area contributed by atoms with Crippen LogP contribution in [0, 0.1) is 6.92 Å². The smallest absolute Gasteiger partial charge is 0.410 e. The van der Waals surface area contributed by atoms with Crippen LogP contribution in [0.25, 0.3) is 10.2 Å². The maximum Gasteiger partial charge on any atom is 0.410 e. The van der Waals surface area contributed by atoms with Crippen molar-refractivity contribution < 1.29 is 14.3 Å². The highest BCUT2D eigenvalue weighted by Crippen LogP contribution is 2.32. The average Bonchev–Trinajstić information content (AvgIpc) is 3.17. The molecule has 0 aliphatic carbocycles. The van der Waals surface area contributed by atoms with Crippen LogP contribution in [0.2, 0.25) is 0 Å². The summed E-state index contributed by atoms with van der Waals surface area (Å²) < 4.78 is 6.57. The van der Waals surface area contributed by atoms with Crippen molar-refractivity contribution in [1.82, 2.24) is 14.8 Å². The van der Waals surface area contributed by atoms with Gasteiger partial charge in [-0.1, -0.05) is 0 Å². The molecule has 1 aromatic heterocycles. The predicted octanol–water partition coefficient (Wildman–Crippen LogP) is 2.66. The predicted molar refractivity (Wildman–Crippen MR) is 91.4 cm³/mol. The molecule has 0 bridgehead atoms. The number of aryl methyl sites for hydroxylation is 1. The van der Waals surface area contributed by atoms with Gasteiger partial charge in [0.1, 0.15) is 0 Å². The second-order valence-electron chi connectivity index (χ2n) is 6.42. The largest absolute Gasteiger partial charge is 0.439 e. The Morgan fingerprint density at radius 3 is 3.00 bits per heavy atom. The van der Waals surface area contributed by atoms with Crippen molar-refractivity contribution in [3.63, 3.8) is 0 Å². The summed E-state index contributed by atoms with van der Waals surface area (Å²) in [6.07, 6.45) is 0.350. The fraction of sp³-hybridized carbons (Fsp3) is 0.438. The van der Waals surface area contributed by atoms with Crippen molar-refractivity contribution in [2.45, 2.75) is 18.9 Å². The van der Waals surface area contributed by atoms with Crippen molar-refractivity contribution in [2.75, 3.05) is 32.0 Å². The Balaban J connectivity index is 1.45. The first-order chi connectivity index (χ1) is 11.4. The Kier molecular flexibility index (Phi) is 3.38. The third-order valence-electron chi connectivity index (χ3n) is 4.49. The van der Waals surface area contributed by atoms with Crippen LogP contribution in [0.15, 0.2) is 18.2 Å². The van der Waals surface area contributed by atoms with E-state index in [1.54, 1.807) is 28.2 Å². The zero-order chi connectivity index (χ0) is 16.9. The van der Waals surface area contributed by atoms with Gasteiger partial charge in [0, 0.05) is 25.7 Å². The van der Waals surface area contributed by atoms with E-state index in [1.807, 2.05) is 25.1 Å². The highest BCUT2D eigenvalue weighted by Gasteiger charge is 2.49. The number of carbonyl (C=O) groups excluding carboxylic acids is 2. The molecule has 2 aliphatic rings. The minimum absolute atomic E-state index is 0.177. The molecule has 1 atom stereocenters. The molecule has 0 unspecified atom stereocenters. The third kappa shape index (κ3) is 2.56. The molecule has 2 aromatic rings. The lowest BCUT2D eigenvalue weighted by atomic mass is 10.0. The van der Waals surface area contributed by atoms with E-state index in [1.165, 1.54) is 0 Å². The summed E-state index contributed by atoms with van der Waals surface area (Å²) in [4.78, 5) is 31.8. The van der Waals surface area contributed by atoms with Crippen LogP contribution in [-0.2, 0) is 4.74 Å². The minimum atomic E-state index is -0.556. The molecule has 2 aliphatic heterocycles. The molecule has 8 heteroatoms. The van der Waals surface area contributed by atoms with Gasteiger partial charge in [-0.05, 0) is 25.1 Å². The Morgan fingerprint density at radius 1 is 1.42 bits per heavy atom. The maximum absolute atomic E-state index is 12.5. The van der Waals surface area contributed by atoms with Gasteiger partial charge in [0.15, 0.2) is 5.60 Å². The SMILES string of the molecule is Cc1nc2cc(NC(=O)N3CC[C@]4(CN(C)C(=O)O4)C3)ccc2s1. The molecule has 4 rings (SSSR count). The third-order valence-corrected chi connectivity index (χ3v) is 5.44. The second-order valence-corrected chi connectivity index (χ2v) is 7.66. The molecule has 0 radical (unpaired) electrons. The first-order valence-electron chi connectivity index (χ1n) is 7.81. The number of rotatable bonds is 1. The summed E-state index contributed by atoms with van der Waals surface area (Å²) in [5.74, 6) is 0. The lowest BCUT2D eigenvalue weighted by Crippen LogP contribution is -2.40. The van der Waals surface area contributed by atoms with Gasteiger partial charge in [-0.2, -0.15) is 0 Å². The van der Waals surface area contributed by atoms with Crippen molar-refractivity contribution in [3.8, 4) is 0 Å². The van der Waals surface area contributed by atoms with Gasteiger partial charge in [0.25, 0.3) is 0 Å². The van der Waals surface area contributed by atoms with Crippen LogP contribution in [0.3, 0.4) is 0 Å². The summed E-state index contributed by atoms with van der Waals surface area (Å²) in [6, 6.07) is 5.55. The molecule has 1 spiro atoms. The standard InChI is InChI=1S/C16H18N4O3S/c1-10-17-12-7-11(3-4-13(12)24-10)18-14(21)20-6-5-16(9-20)8-19(2)15(22)23-16/h3-4,7H,5-6,8-9H2,1-2H3,(H,18,21)/t16-/m0/s1. The van der Waals surface area contributed by atoms with Gasteiger partial charge >= 0.3 is 12.1 Å². The fourth-order valence-electron chi connectivity index (χ4n) is 3.35. The number of anilines is 1. The number of aromatic nitrogens is 1. The quantitative estimate of drug-likeness (QED) is 0.861. The monoisotopic (exact) mass is 346 g/mol. The molecular formula is C16H18N4O3S. The topological polar surface area (TPSA) is 74.8 Å². The number of hydrogen-bond acceptors (Lipinski definition) is 5. The van der Waals surface area contributed by atoms with Crippen LogP contribution < -0.4 is 5.32 Å². The van der Waals surface area contributed by atoms with E-state index in [9.17, 15) is 9.59 Å². The summed E-state index contributed by atoms with van der Waals surface area (Å²) in [5.41, 5.74) is 1.05. The van der Waals surface area contributed by atoms with Crippen LogP contribution in [0.4, 0.5) is 15.3 Å². The van der Waals surface area contributed by atoms with Crippen LogP contribution in [0.5, 0.6) is 0 Å². The summed E-state index contributed by atoms with van der Waals surface area (Å²) in [5, 5.41) is 3.91. The zero-order valence-corrected chi connectivity index (χ0v) is 14.4. The van der Waals surface area contributed by atoms with Gasteiger partial charge in [-0.3, -0.25) is 0 Å². The number of nitrogens with zero attached hydrogens (tertiary/aromatic N) is 3. The van der Waals surface area contributed by atoms with E-state index in [-0.39, 0.29) is 12.1 Å². The minimum Gasteiger partial charge on any atom is -0.439 e. The molecule has 2 saturated heterocycles. The molecular weight excluding hydrogens is 328 g/mol. The number of carbonyl (C=O) groups is 2. The Morgan fingerprint density at radius 2 is 2.25 bits per heavy atom. The van der Waals surface area contributed by atoms with Crippen molar-refractivity contribution in [3.05, 3.63) is 23.2 Å². The molecule has 1 aromatic carbocycles. The molecule has 126 valence electrons. The number of benzene rings is 1. The number of likely N-dealkylation sites (tertiary alicyclic amines) is 1. The molecule has 24 heavy (non-hydrogen) atoms. The van der Waals surface area contributed by atoms with Crippen molar-refractivity contribution in [1.29, 1.82) is 0 Å². The lowest BCUT2D eigenvalue weighted by Gasteiger charge is -2.22. The number of ether oxygens (including phenoxy) is 1. The lowest BCUT2D eigenvalue weighted by molar-refractivity contribution is 0.0663. The number of amides is 3. The Bertz CT molecular complexity index is 836. The van der Waals surface area contributed by atoms with Gasteiger partial charge in [0.05, 0.1) is 28.3 Å². The highest BCUT2D eigenvalue weighted by atomic mass is 32.1. The Hall–Kier alpha value is -2.35. The van der Waals surface area contributed by atoms with E-state index in [0.29, 0.717) is 26.1 Å². The van der Waals surface area contributed by atoms with Crippen molar-refractivity contribution >= 4 is 39.4 Å². The van der Waals surface area contributed by atoms with E-state index in [0.717, 1.165) is 20.9 Å². The fourth-order valence-corrected chi connectivity index (χ4v) is 4.15. The van der Waals surface area contributed by atoms with E-state index >= 15 is 0 Å². The number of hydrogen-bond donors (Lipinski definition) is 1. The molecule has 7 nitrogen and oxygen atoms in total. The number of urea groups is 1. The van der Waals surface area contributed by atoms with E-state index in [4.69, 9.17) is 4.74 Å². The summed E-state index contributed by atoms with van der Waals surface area (Å²) >= 11 is 1.63. The molecule has 1 N–H and O–H groups in total. The van der Waals surface area contributed by atoms with Gasteiger partial charge in [-0.15, -0.1) is 11.3 Å². The summed E-state index contributed by atoms with van der Waals surface area (Å²) in [6.45, 7) is 3.49. The zero-order valence-electron chi connectivity index (χ0n) is 13.5. The summed E-state index contributed by atoms with van der Waals surface area (Å²) in [7, 11) is 1.71. The van der Waals surface area contributed by atoms with Gasteiger partial charge in [-0.25, -0.2) is 14.6 Å². The van der Waals surface area contributed by atoms with Crippen LogP contribution >= 0.6 is 11.3 Å². The molecule has 2 fully saturated rings. The maximum atomic E-state index is 12.5. The first kappa shape index (κ1) is 15.2.